The molecule has 0 aliphatic carbocycles. The van der Waals surface area contributed by atoms with Crippen molar-refractivity contribution < 1.29 is 4.79 Å². The number of halogens is 1. The predicted molar refractivity (Wildman–Crippen MR) is 103 cm³/mol. The Labute approximate surface area is 149 Å². The topological polar surface area (TPSA) is 23.6 Å². The fourth-order valence-electron chi connectivity index (χ4n) is 2.36. The molecule has 1 heterocycles. The zero-order valence-corrected chi connectivity index (χ0v) is 16.1. The van der Waals surface area contributed by atoms with E-state index in [0.29, 0.717) is 15.8 Å². The standard InChI is InChI=1S/C16H19BrN2OS2/c1-4-18(5-2)13-8-7-11(9-12(13)17)10-14-15(20)19(6-3)16(21)22-14/h7-10H,4-6H2,1-3H3/b14-10-. The van der Waals surface area contributed by atoms with Crippen LogP contribution in [0.4, 0.5) is 5.69 Å². The first kappa shape index (κ1) is 17.5. The molecule has 0 aromatic heterocycles. The highest BCUT2D eigenvalue weighted by atomic mass is 79.9. The van der Waals surface area contributed by atoms with Crippen LogP contribution in [0.5, 0.6) is 0 Å². The van der Waals surface area contributed by atoms with E-state index in [9.17, 15) is 4.79 Å². The van der Waals surface area contributed by atoms with Crippen LogP contribution in [0.25, 0.3) is 6.08 Å². The number of hydrogen-bond donors (Lipinski definition) is 0. The molecule has 0 bridgehead atoms. The minimum absolute atomic E-state index is 0.00134. The van der Waals surface area contributed by atoms with E-state index in [2.05, 4.69) is 40.7 Å². The van der Waals surface area contributed by atoms with E-state index in [1.165, 1.54) is 17.4 Å². The van der Waals surface area contributed by atoms with Gasteiger partial charge in [0.15, 0.2) is 0 Å². The summed E-state index contributed by atoms with van der Waals surface area (Å²) in [4.78, 5) is 16.8. The average Bonchev–Trinajstić information content (AvgIpc) is 2.76. The van der Waals surface area contributed by atoms with E-state index in [1.54, 1.807) is 4.90 Å². The highest BCUT2D eigenvalue weighted by Gasteiger charge is 2.30. The molecule has 0 radical (unpaired) electrons. The van der Waals surface area contributed by atoms with Gasteiger partial charge in [0.25, 0.3) is 5.91 Å². The summed E-state index contributed by atoms with van der Waals surface area (Å²) in [6, 6.07) is 6.17. The van der Waals surface area contributed by atoms with Gasteiger partial charge in [-0.15, -0.1) is 0 Å². The Hall–Kier alpha value is -0.850. The normalized spacial score (nSPS) is 16.7. The maximum absolute atomic E-state index is 12.2. The minimum Gasteiger partial charge on any atom is -0.371 e. The van der Waals surface area contributed by atoms with Crippen molar-refractivity contribution in [1.82, 2.24) is 4.90 Å². The van der Waals surface area contributed by atoms with Gasteiger partial charge < -0.3 is 4.90 Å². The van der Waals surface area contributed by atoms with Crippen molar-refractivity contribution in [1.29, 1.82) is 0 Å². The molecule has 2 rings (SSSR count). The first-order valence-corrected chi connectivity index (χ1v) is 9.33. The molecular weight excluding hydrogens is 380 g/mol. The van der Waals surface area contributed by atoms with Crippen LogP contribution in [0.3, 0.4) is 0 Å². The quantitative estimate of drug-likeness (QED) is 0.537. The highest BCUT2D eigenvalue weighted by molar-refractivity contribution is 9.10. The van der Waals surface area contributed by atoms with Gasteiger partial charge in [0.1, 0.15) is 4.32 Å². The third-order valence-corrected chi connectivity index (χ3v) is 5.58. The predicted octanol–water partition coefficient (Wildman–Crippen LogP) is 4.52. The number of carbonyl (C=O) groups excluding carboxylic acids is 1. The van der Waals surface area contributed by atoms with E-state index < -0.39 is 0 Å². The lowest BCUT2D eigenvalue weighted by molar-refractivity contribution is -0.121. The Morgan fingerprint density at radius 2 is 2.00 bits per heavy atom. The monoisotopic (exact) mass is 398 g/mol. The number of hydrogen-bond acceptors (Lipinski definition) is 4. The molecule has 3 nitrogen and oxygen atoms in total. The van der Waals surface area contributed by atoms with Gasteiger partial charge in [0.2, 0.25) is 0 Å². The van der Waals surface area contributed by atoms with Gasteiger partial charge in [-0.1, -0.05) is 30.0 Å². The van der Waals surface area contributed by atoms with Crippen molar-refractivity contribution >= 4 is 61.9 Å². The van der Waals surface area contributed by atoms with Crippen molar-refractivity contribution in [3.05, 3.63) is 33.1 Å². The van der Waals surface area contributed by atoms with E-state index in [1.807, 2.05) is 25.1 Å². The number of nitrogens with zero attached hydrogens (tertiary/aromatic N) is 2. The lowest BCUT2D eigenvalue weighted by Gasteiger charge is -2.22. The molecule has 0 spiro atoms. The Bertz CT molecular complexity index is 627. The number of amides is 1. The number of thiocarbonyl (C=S) groups is 1. The van der Waals surface area contributed by atoms with Gasteiger partial charge >= 0.3 is 0 Å². The summed E-state index contributed by atoms with van der Waals surface area (Å²) in [5.74, 6) is 0.00134. The summed E-state index contributed by atoms with van der Waals surface area (Å²) < 4.78 is 1.67. The molecule has 22 heavy (non-hydrogen) atoms. The van der Waals surface area contributed by atoms with Gasteiger partial charge in [0.05, 0.1) is 10.6 Å². The van der Waals surface area contributed by atoms with E-state index in [-0.39, 0.29) is 5.91 Å². The molecule has 1 saturated heterocycles. The molecule has 0 unspecified atom stereocenters. The molecule has 1 aliphatic heterocycles. The molecule has 0 atom stereocenters. The van der Waals surface area contributed by atoms with Crippen LogP contribution >= 0.6 is 39.9 Å². The second-order valence-corrected chi connectivity index (χ2v) is 7.34. The summed E-state index contributed by atoms with van der Waals surface area (Å²) >= 11 is 10.2. The lowest BCUT2D eigenvalue weighted by Crippen LogP contribution is -2.27. The van der Waals surface area contributed by atoms with Crippen LogP contribution in [-0.4, -0.2) is 34.8 Å². The summed E-state index contributed by atoms with van der Waals surface area (Å²) in [5, 5.41) is 0. The van der Waals surface area contributed by atoms with Gasteiger partial charge in [-0.25, -0.2) is 0 Å². The fourth-order valence-corrected chi connectivity index (χ4v) is 4.39. The van der Waals surface area contributed by atoms with E-state index in [4.69, 9.17) is 12.2 Å². The van der Waals surface area contributed by atoms with Gasteiger partial charge in [-0.05, 0) is 60.5 Å². The number of anilines is 1. The Morgan fingerprint density at radius 1 is 1.32 bits per heavy atom. The largest absolute Gasteiger partial charge is 0.371 e. The molecule has 1 aromatic carbocycles. The van der Waals surface area contributed by atoms with Crippen LogP contribution in [0.2, 0.25) is 0 Å². The molecule has 1 aliphatic rings. The van der Waals surface area contributed by atoms with Crippen LogP contribution < -0.4 is 4.90 Å². The van der Waals surface area contributed by atoms with Crippen molar-refractivity contribution in [2.45, 2.75) is 20.8 Å². The molecule has 6 heteroatoms. The molecule has 1 aromatic rings. The highest BCUT2D eigenvalue weighted by Crippen LogP contribution is 2.34. The molecule has 1 fully saturated rings. The second-order valence-electron chi connectivity index (χ2n) is 4.81. The zero-order valence-electron chi connectivity index (χ0n) is 12.9. The third-order valence-electron chi connectivity index (χ3n) is 3.56. The summed E-state index contributed by atoms with van der Waals surface area (Å²) in [6.07, 6.45) is 1.91. The molecular formula is C16H19BrN2OS2. The van der Waals surface area contributed by atoms with Gasteiger partial charge in [-0.2, -0.15) is 0 Å². The maximum atomic E-state index is 12.2. The van der Waals surface area contributed by atoms with Gasteiger partial charge in [0, 0.05) is 24.1 Å². The molecule has 0 saturated carbocycles. The summed E-state index contributed by atoms with van der Waals surface area (Å²) in [7, 11) is 0. The van der Waals surface area contributed by atoms with E-state index in [0.717, 1.165) is 23.1 Å². The van der Waals surface area contributed by atoms with Crippen LogP contribution in [-0.2, 0) is 4.79 Å². The lowest BCUT2D eigenvalue weighted by atomic mass is 10.1. The molecule has 1 amide bonds. The van der Waals surface area contributed by atoms with Crippen molar-refractivity contribution in [3.63, 3.8) is 0 Å². The first-order chi connectivity index (χ1) is 10.5. The van der Waals surface area contributed by atoms with Gasteiger partial charge in [-0.3, -0.25) is 9.69 Å². The minimum atomic E-state index is 0.00134. The summed E-state index contributed by atoms with van der Waals surface area (Å²) in [5.41, 5.74) is 2.17. The van der Waals surface area contributed by atoms with Crippen LogP contribution in [0.15, 0.2) is 27.6 Å². The smallest absolute Gasteiger partial charge is 0.266 e. The number of carbonyl (C=O) groups is 1. The number of likely N-dealkylation sites (N-methyl/N-ethyl adjacent to an activating group) is 1. The molecule has 118 valence electrons. The van der Waals surface area contributed by atoms with Crippen LogP contribution in [0, 0.1) is 0 Å². The Kier molecular flexibility index (Phi) is 6.06. The van der Waals surface area contributed by atoms with E-state index >= 15 is 0 Å². The molecule has 0 N–H and O–H groups in total. The zero-order chi connectivity index (χ0) is 16.3. The Morgan fingerprint density at radius 3 is 2.50 bits per heavy atom. The Balaban J connectivity index is 2.28. The summed E-state index contributed by atoms with van der Waals surface area (Å²) in [6.45, 7) is 8.75. The third kappa shape index (κ3) is 3.55. The number of rotatable bonds is 5. The average molecular weight is 399 g/mol. The SMILES string of the molecule is CCN1C(=O)/C(=C/c2ccc(N(CC)CC)c(Br)c2)SC1=S. The van der Waals surface area contributed by atoms with Crippen molar-refractivity contribution in [3.8, 4) is 0 Å². The van der Waals surface area contributed by atoms with Crippen molar-refractivity contribution in [2.75, 3.05) is 24.5 Å². The fraction of sp³-hybridized carbons (Fsp3) is 0.375. The first-order valence-electron chi connectivity index (χ1n) is 7.31. The second kappa shape index (κ2) is 7.62. The number of thioether (sulfide) groups is 1. The maximum Gasteiger partial charge on any atom is 0.266 e. The van der Waals surface area contributed by atoms with Crippen LogP contribution in [0.1, 0.15) is 26.3 Å². The number of benzene rings is 1. The van der Waals surface area contributed by atoms with Crippen molar-refractivity contribution in [2.24, 2.45) is 0 Å².